The predicted octanol–water partition coefficient (Wildman–Crippen LogP) is 0.583. The van der Waals surface area contributed by atoms with Crippen molar-refractivity contribution in [1.29, 1.82) is 0 Å². The van der Waals surface area contributed by atoms with E-state index in [9.17, 15) is 0 Å². The Morgan fingerprint density at radius 3 is 2.25 bits per heavy atom. The van der Waals surface area contributed by atoms with Crippen LogP contribution in [-0.4, -0.2) is 11.1 Å². The van der Waals surface area contributed by atoms with Crippen LogP contribution in [0.25, 0.3) is 0 Å². The molecule has 28 valence electrons. The molecule has 0 radical (unpaired) electrons. The fourth-order valence-corrected chi connectivity index (χ4v) is 0. The lowest BCUT2D eigenvalue weighted by molar-refractivity contribution is -0.134. The van der Waals surface area contributed by atoms with E-state index < -0.39 is 5.97 Å². The Morgan fingerprint density at radius 1 is 2.25 bits per heavy atom. The van der Waals surface area contributed by atoms with Crippen LogP contribution in [-0.2, 0) is 4.79 Å². The number of carboxylic acid groups (broad SMARTS) is 1. The largest absolute Gasteiger partial charge is 0.481 e. The number of hydrogen-bond donors (Lipinski definition) is 1. The van der Waals surface area contributed by atoms with E-state index in [-0.39, 0.29) is 2.85 Å². The van der Waals surface area contributed by atoms with Crippen molar-refractivity contribution in [3.63, 3.8) is 0 Å². The zero-order chi connectivity index (χ0) is 3.58. The number of hydrogen-bond acceptors (Lipinski definition) is 1. The van der Waals surface area contributed by atoms with Crippen LogP contribution in [0.1, 0.15) is 9.78 Å². The van der Waals surface area contributed by atoms with Gasteiger partial charge in [-0.25, -0.2) is 0 Å². The molecule has 2 heteroatoms. The van der Waals surface area contributed by atoms with Gasteiger partial charge in [-0.2, -0.15) is 0 Å². The molecule has 0 aromatic carbocycles. The molecule has 0 bridgehead atoms. The molecule has 0 fully saturated rings. The average molecular weight is 64.1 g/mol. The maximum absolute atomic E-state index is 9.00. The molecule has 0 aliphatic rings. The van der Waals surface area contributed by atoms with Crippen molar-refractivity contribution in [2.45, 2.75) is 6.92 Å². The summed E-state index contributed by atoms with van der Waals surface area (Å²) in [5, 5.41) is 7.42. The second kappa shape index (κ2) is 0.875. The van der Waals surface area contributed by atoms with Crippen LogP contribution in [0.3, 0.4) is 0 Å². The molecule has 0 aromatic heterocycles. The topological polar surface area (TPSA) is 37.3 Å². The molecule has 0 atom stereocenters. The van der Waals surface area contributed by atoms with Gasteiger partial charge in [-0.1, -0.05) is 0 Å². The molecule has 2 nitrogen and oxygen atoms in total. The summed E-state index contributed by atoms with van der Waals surface area (Å²) in [4.78, 5) is 9.00. The third-order valence-electron chi connectivity index (χ3n) is 0. The van der Waals surface area contributed by atoms with E-state index >= 15 is 0 Å². The molecule has 0 saturated carbocycles. The second-order valence-electron chi connectivity index (χ2n) is 0.519. The van der Waals surface area contributed by atoms with Gasteiger partial charge in [0.1, 0.15) is 0 Å². The van der Waals surface area contributed by atoms with Crippen LogP contribution in [0.5, 0.6) is 0 Å². The van der Waals surface area contributed by atoms with Crippen molar-refractivity contribution in [3.05, 3.63) is 0 Å². The molecule has 0 aliphatic carbocycles. The van der Waals surface area contributed by atoms with E-state index in [1.165, 1.54) is 0 Å². The average Bonchev–Trinajstić information content (AvgIpc) is 0.811. The standard InChI is InChI=1S/C2H4O2.2H2/c1-2(3)4;;/h1H3,(H,3,4);2*1H. The molecule has 0 aromatic rings. The lowest BCUT2D eigenvalue weighted by atomic mass is 10.9. The summed E-state index contributed by atoms with van der Waals surface area (Å²) in [6, 6.07) is 0. The number of carboxylic acids is 1. The monoisotopic (exact) mass is 64.1 g/mol. The first kappa shape index (κ1) is 3.47. The summed E-state index contributed by atoms with van der Waals surface area (Å²) >= 11 is 0. The molecule has 0 heterocycles. The summed E-state index contributed by atoms with van der Waals surface area (Å²) in [7, 11) is 0. The van der Waals surface area contributed by atoms with Crippen LogP contribution < -0.4 is 0 Å². The highest BCUT2D eigenvalue weighted by Crippen LogP contribution is 1.42. The molecule has 0 rings (SSSR count). The van der Waals surface area contributed by atoms with E-state index in [0.717, 1.165) is 6.92 Å². The SMILES string of the molecule is CC(=O)O.[HH].[HH]. The number of carbonyl (C=O) groups is 1. The molecule has 0 aliphatic heterocycles. The van der Waals surface area contributed by atoms with Gasteiger partial charge in [0, 0.05) is 9.78 Å². The van der Waals surface area contributed by atoms with Crippen LogP contribution in [0.4, 0.5) is 0 Å². The van der Waals surface area contributed by atoms with E-state index in [4.69, 9.17) is 9.90 Å². The maximum Gasteiger partial charge on any atom is 0.300 e. The van der Waals surface area contributed by atoms with Gasteiger partial charge in [0.2, 0.25) is 0 Å². The minimum atomic E-state index is -0.833. The first-order chi connectivity index (χ1) is 1.73. The zero-order valence-electron chi connectivity index (χ0n) is 2.36. The third kappa shape index (κ3) is 1.16. The van der Waals surface area contributed by atoms with Crippen molar-refractivity contribution in [3.8, 4) is 0 Å². The first-order valence-electron chi connectivity index (χ1n) is 0.928. The van der Waals surface area contributed by atoms with Gasteiger partial charge in [-0.15, -0.1) is 0 Å². The number of rotatable bonds is 0. The van der Waals surface area contributed by atoms with Crippen LogP contribution >= 0.6 is 0 Å². The molecule has 0 unspecified atom stereocenters. The van der Waals surface area contributed by atoms with Crippen molar-refractivity contribution < 1.29 is 12.8 Å². The molecule has 0 amide bonds. The van der Waals surface area contributed by atoms with Gasteiger partial charge in [-0.05, 0) is 0 Å². The van der Waals surface area contributed by atoms with Crippen molar-refractivity contribution in [2.24, 2.45) is 0 Å². The Kier molecular flexibility index (Phi) is 0.759. The highest BCUT2D eigenvalue weighted by Gasteiger charge is 1.65. The van der Waals surface area contributed by atoms with E-state index in [2.05, 4.69) is 0 Å². The maximum atomic E-state index is 9.00. The Hall–Kier alpha value is -0.530. The Balaban J connectivity index is -0.0000000450. The van der Waals surface area contributed by atoms with Crippen LogP contribution in [0.15, 0.2) is 0 Å². The quantitative estimate of drug-likeness (QED) is 0.447. The summed E-state index contributed by atoms with van der Waals surface area (Å²) in [5.74, 6) is -0.833. The second-order valence-corrected chi connectivity index (χ2v) is 0.519. The molecule has 0 saturated heterocycles. The molecular weight excluding hydrogens is 56.0 g/mol. The van der Waals surface area contributed by atoms with Gasteiger partial charge in [0.15, 0.2) is 0 Å². The van der Waals surface area contributed by atoms with Crippen LogP contribution in [0, 0.1) is 0 Å². The van der Waals surface area contributed by atoms with Gasteiger partial charge in [0.05, 0.1) is 0 Å². The lowest BCUT2D eigenvalue weighted by Gasteiger charge is -1.59. The van der Waals surface area contributed by atoms with Crippen molar-refractivity contribution in [2.75, 3.05) is 0 Å². The van der Waals surface area contributed by atoms with Gasteiger partial charge in [0.25, 0.3) is 5.97 Å². The first-order valence-corrected chi connectivity index (χ1v) is 0.928. The molecular formula is C2H8O2. The molecule has 0 spiro atoms. The van der Waals surface area contributed by atoms with E-state index in [1.54, 1.807) is 0 Å². The van der Waals surface area contributed by atoms with E-state index in [0.29, 0.717) is 0 Å². The van der Waals surface area contributed by atoms with Crippen molar-refractivity contribution >= 4 is 5.97 Å². The van der Waals surface area contributed by atoms with Gasteiger partial charge >= 0.3 is 0 Å². The minimum Gasteiger partial charge on any atom is -0.481 e. The summed E-state index contributed by atoms with van der Waals surface area (Å²) in [5.41, 5.74) is 0. The third-order valence-corrected chi connectivity index (χ3v) is 0. The zero-order valence-corrected chi connectivity index (χ0v) is 2.36. The smallest absolute Gasteiger partial charge is 0.300 e. The van der Waals surface area contributed by atoms with Gasteiger partial charge < -0.3 is 5.11 Å². The fraction of sp³-hybridized carbons (Fsp3) is 0.500. The summed E-state index contributed by atoms with van der Waals surface area (Å²) < 4.78 is 0. The highest BCUT2D eigenvalue weighted by molar-refractivity contribution is 5.62. The Labute approximate surface area is 27.0 Å². The molecule has 1 N–H and O–H groups in total. The Morgan fingerprint density at radius 2 is 2.25 bits per heavy atom. The minimum absolute atomic E-state index is 0. The molecule has 4 heavy (non-hydrogen) atoms. The summed E-state index contributed by atoms with van der Waals surface area (Å²) in [6.07, 6.45) is 0. The normalized spacial score (nSPS) is 6.25. The number of aliphatic carboxylic acids is 1. The predicted molar refractivity (Wildman–Crippen MR) is 17.5 cm³/mol. The van der Waals surface area contributed by atoms with Crippen molar-refractivity contribution in [1.82, 2.24) is 0 Å². The summed E-state index contributed by atoms with van der Waals surface area (Å²) in [6.45, 7) is 1.08. The Bertz CT molecular complexity index is 32.5. The van der Waals surface area contributed by atoms with Gasteiger partial charge in [-0.3, -0.25) is 4.79 Å². The fourth-order valence-electron chi connectivity index (χ4n) is 0. The van der Waals surface area contributed by atoms with E-state index in [1.807, 2.05) is 0 Å². The lowest BCUT2D eigenvalue weighted by Crippen LogP contribution is -1.78. The highest BCUT2D eigenvalue weighted by atomic mass is 16.4. The van der Waals surface area contributed by atoms with Crippen LogP contribution in [0.2, 0.25) is 0 Å².